The molecule has 0 heterocycles. The predicted octanol–water partition coefficient (Wildman–Crippen LogP) is 4.75. The minimum Gasteiger partial charge on any atom is -0.306 e. The van der Waals surface area contributed by atoms with Crippen molar-refractivity contribution in [3.05, 3.63) is 69.4 Å². The van der Waals surface area contributed by atoms with Gasteiger partial charge in [0.2, 0.25) is 0 Å². The Morgan fingerprint density at radius 3 is 2.63 bits per heavy atom. The van der Waals surface area contributed by atoms with Gasteiger partial charge in [-0.3, -0.25) is 0 Å². The fourth-order valence-corrected chi connectivity index (χ4v) is 2.54. The van der Waals surface area contributed by atoms with Gasteiger partial charge in [0.05, 0.1) is 4.47 Å². The van der Waals surface area contributed by atoms with Gasteiger partial charge < -0.3 is 5.32 Å². The number of nitrogens with one attached hydrogen (secondary N) is 1. The van der Waals surface area contributed by atoms with Crippen molar-refractivity contribution in [1.29, 1.82) is 0 Å². The molecule has 0 unspecified atom stereocenters. The molecule has 0 saturated heterocycles. The number of aryl methyl sites for hydroxylation is 1. The van der Waals surface area contributed by atoms with Crippen LogP contribution in [-0.4, -0.2) is 0 Å². The number of halogens is 2. The van der Waals surface area contributed by atoms with Crippen molar-refractivity contribution in [3.63, 3.8) is 0 Å². The third-order valence-corrected chi connectivity index (χ3v) is 4.17. The number of benzene rings is 2. The molecule has 0 fully saturated rings. The van der Waals surface area contributed by atoms with Gasteiger partial charge in [-0.15, -0.1) is 0 Å². The topological polar surface area (TPSA) is 12.0 Å². The Kier molecular flexibility index (Phi) is 4.72. The lowest BCUT2D eigenvalue weighted by Crippen LogP contribution is -2.19. The van der Waals surface area contributed by atoms with E-state index in [-0.39, 0.29) is 11.9 Å². The fourth-order valence-electron chi connectivity index (χ4n) is 2.13. The van der Waals surface area contributed by atoms with Crippen molar-refractivity contribution < 1.29 is 4.39 Å². The van der Waals surface area contributed by atoms with Crippen LogP contribution in [0.5, 0.6) is 0 Å². The molecule has 100 valence electrons. The summed E-state index contributed by atoms with van der Waals surface area (Å²) in [7, 11) is 0. The van der Waals surface area contributed by atoms with Gasteiger partial charge in [0, 0.05) is 12.6 Å². The van der Waals surface area contributed by atoms with Crippen LogP contribution in [0.15, 0.2) is 46.9 Å². The molecular weight excluding hydrogens is 305 g/mol. The van der Waals surface area contributed by atoms with Crippen LogP contribution < -0.4 is 5.32 Å². The van der Waals surface area contributed by atoms with Crippen molar-refractivity contribution in [3.8, 4) is 0 Å². The molecule has 3 heteroatoms. The Hall–Kier alpha value is -1.19. The summed E-state index contributed by atoms with van der Waals surface area (Å²) in [5.41, 5.74) is 3.47. The van der Waals surface area contributed by atoms with Gasteiger partial charge in [-0.1, -0.05) is 36.4 Å². The standard InChI is InChI=1S/C16H17BrFN/c1-11-6-3-4-8-14(11)12(2)19-10-13-7-5-9-15(18)16(13)17/h3-9,12,19H,10H2,1-2H3/t12-/m1/s1. The van der Waals surface area contributed by atoms with Crippen LogP contribution in [0.4, 0.5) is 4.39 Å². The Labute approximate surface area is 122 Å². The van der Waals surface area contributed by atoms with Crippen LogP contribution in [0.2, 0.25) is 0 Å². The second kappa shape index (κ2) is 6.31. The molecule has 2 aromatic carbocycles. The molecule has 0 aromatic heterocycles. The van der Waals surface area contributed by atoms with Gasteiger partial charge in [0.25, 0.3) is 0 Å². The van der Waals surface area contributed by atoms with Gasteiger partial charge in [0.15, 0.2) is 0 Å². The Balaban J connectivity index is 2.07. The third kappa shape index (κ3) is 3.43. The van der Waals surface area contributed by atoms with Crippen LogP contribution >= 0.6 is 15.9 Å². The van der Waals surface area contributed by atoms with E-state index >= 15 is 0 Å². The van der Waals surface area contributed by atoms with Gasteiger partial charge in [-0.25, -0.2) is 4.39 Å². The van der Waals surface area contributed by atoms with Crippen LogP contribution in [0.3, 0.4) is 0 Å². The monoisotopic (exact) mass is 321 g/mol. The zero-order valence-electron chi connectivity index (χ0n) is 11.1. The van der Waals surface area contributed by atoms with Crippen molar-refractivity contribution in [2.75, 3.05) is 0 Å². The van der Waals surface area contributed by atoms with E-state index in [1.54, 1.807) is 6.07 Å². The first-order valence-electron chi connectivity index (χ1n) is 6.31. The largest absolute Gasteiger partial charge is 0.306 e. The van der Waals surface area contributed by atoms with Crippen LogP contribution in [-0.2, 0) is 6.54 Å². The average Bonchev–Trinajstić information content (AvgIpc) is 2.40. The maximum absolute atomic E-state index is 13.4. The quantitative estimate of drug-likeness (QED) is 0.857. The summed E-state index contributed by atoms with van der Waals surface area (Å²) in [6, 6.07) is 13.6. The number of hydrogen-bond acceptors (Lipinski definition) is 1. The van der Waals surface area contributed by atoms with Gasteiger partial charge in [-0.2, -0.15) is 0 Å². The van der Waals surface area contributed by atoms with Crippen molar-refractivity contribution >= 4 is 15.9 Å². The zero-order chi connectivity index (χ0) is 13.8. The molecule has 0 bridgehead atoms. The normalized spacial score (nSPS) is 12.4. The molecule has 0 amide bonds. The maximum atomic E-state index is 13.4. The molecule has 0 saturated carbocycles. The average molecular weight is 322 g/mol. The van der Waals surface area contributed by atoms with E-state index in [2.05, 4.69) is 47.2 Å². The van der Waals surface area contributed by atoms with Gasteiger partial charge >= 0.3 is 0 Å². The molecule has 0 spiro atoms. The molecule has 1 atom stereocenters. The highest BCUT2D eigenvalue weighted by Gasteiger charge is 2.09. The number of hydrogen-bond donors (Lipinski definition) is 1. The lowest BCUT2D eigenvalue weighted by atomic mass is 10.0. The first-order chi connectivity index (χ1) is 9.09. The van der Waals surface area contributed by atoms with E-state index in [1.807, 2.05) is 18.2 Å². The fraction of sp³-hybridized carbons (Fsp3) is 0.250. The maximum Gasteiger partial charge on any atom is 0.137 e. The SMILES string of the molecule is Cc1ccccc1[C@@H](C)NCc1cccc(F)c1Br. The smallest absolute Gasteiger partial charge is 0.137 e. The molecular formula is C16H17BrFN. The summed E-state index contributed by atoms with van der Waals surface area (Å²) in [4.78, 5) is 0. The minimum atomic E-state index is -0.220. The first kappa shape index (κ1) is 14.2. The van der Waals surface area contributed by atoms with Crippen LogP contribution in [0.1, 0.15) is 29.7 Å². The molecule has 19 heavy (non-hydrogen) atoms. The molecule has 0 aliphatic carbocycles. The molecule has 2 aromatic rings. The van der Waals surface area contributed by atoms with Crippen molar-refractivity contribution in [2.24, 2.45) is 0 Å². The lowest BCUT2D eigenvalue weighted by molar-refractivity contribution is 0.564. The highest BCUT2D eigenvalue weighted by atomic mass is 79.9. The zero-order valence-corrected chi connectivity index (χ0v) is 12.7. The predicted molar refractivity (Wildman–Crippen MR) is 80.5 cm³/mol. The van der Waals surface area contributed by atoms with Crippen LogP contribution in [0, 0.1) is 12.7 Å². The minimum absolute atomic E-state index is 0.220. The molecule has 0 radical (unpaired) electrons. The molecule has 1 nitrogen and oxygen atoms in total. The Bertz CT molecular complexity index is 568. The Morgan fingerprint density at radius 2 is 1.89 bits per heavy atom. The van der Waals surface area contributed by atoms with E-state index in [4.69, 9.17) is 0 Å². The molecule has 0 aliphatic heterocycles. The van der Waals surface area contributed by atoms with E-state index < -0.39 is 0 Å². The molecule has 0 aliphatic rings. The number of rotatable bonds is 4. The summed E-state index contributed by atoms with van der Waals surface area (Å²) in [6.07, 6.45) is 0. The highest BCUT2D eigenvalue weighted by molar-refractivity contribution is 9.10. The lowest BCUT2D eigenvalue weighted by Gasteiger charge is -2.17. The van der Waals surface area contributed by atoms with Crippen LogP contribution in [0.25, 0.3) is 0 Å². The van der Waals surface area contributed by atoms with Crippen molar-refractivity contribution in [2.45, 2.75) is 26.4 Å². The second-order valence-corrected chi connectivity index (χ2v) is 5.47. The van der Waals surface area contributed by atoms with E-state index in [0.717, 1.165) is 5.56 Å². The summed E-state index contributed by atoms with van der Waals surface area (Å²) in [6.45, 7) is 4.86. The molecule has 2 rings (SSSR count). The first-order valence-corrected chi connectivity index (χ1v) is 7.10. The summed E-state index contributed by atoms with van der Waals surface area (Å²) in [5.74, 6) is -0.220. The summed E-state index contributed by atoms with van der Waals surface area (Å²) >= 11 is 3.29. The highest BCUT2D eigenvalue weighted by Crippen LogP contribution is 2.22. The summed E-state index contributed by atoms with van der Waals surface area (Å²) in [5, 5.41) is 3.43. The van der Waals surface area contributed by atoms with E-state index in [1.165, 1.54) is 17.2 Å². The van der Waals surface area contributed by atoms with E-state index in [0.29, 0.717) is 11.0 Å². The Morgan fingerprint density at radius 1 is 1.16 bits per heavy atom. The second-order valence-electron chi connectivity index (χ2n) is 4.67. The van der Waals surface area contributed by atoms with Crippen molar-refractivity contribution in [1.82, 2.24) is 5.32 Å². The van der Waals surface area contributed by atoms with Gasteiger partial charge in [-0.05, 0) is 52.5 Å². The van der Waals surface area contributed by atoms with Gasteiger partial charge in [0.1, 0.15) is 5.82 Å². The summed E-state index contributed by atoms with van der Waals surface area (Å²) < 4.78 is 14.0. The third-order valence-electron chi connectivity index (χ3n) is 3.29. The molecule has 1 N–H and O–H groups in total. The van der Waals surface area contributed by atoms with E-state index in [9.17, 15) is 4.39 Å².